The lowest BCUT2D eigenvalue weighted by Crippen LogP contribution is -2.14. The quantitative estimate of drug-likeness (QED) is 0.440. The van der Waals surface area contributed by atoms with Gasteiger partial charge in [-0.05, 0) is 42.0 Å². The van der Waals surface area contributed by atoms with Crippen LogP contribution in [-0.2, 0) is 17.8 Å². The van der Waals surface area contributed by atoms with Gasteiger partial charge >= 0.3 is 0 Å². The van der Waals surface area contributed by atoms with Crippen molar-refractivity contribution in [1.82, 2.24) is 24.8 Å². The van der Waals surface area contributed by atoms with E-state index in [0.29, 0.717) is 41.1 Å². The number of fused-ring (bicyclic) bond motifs is 2. The van der Waals surface area contributed by atoms with Crippen molar-refractivity contribution in [2.75, 3.05) is 17.4 Å². The van der Waals surface area contributed by atoms with Crippen molar-refractivity contribution in [3.8, 4) is 11.5 Å². The molecule has 0 fully saturated rings. The number of aromatic nitrogens is 5. The molecule has 3 aromatic heterocycles. The third-order valence-corrected chi connectivity index (χ3v) is 5.03. The van der Waals surface area contributed by atoms with Crippen molar-refractivity contribution >= 4 is 34.8 Å². The van der Waals surface area contributed by atoms with Gasteiger partial charge < -0.3 is 20.1 Å². The maximum atomic E-state index is 12.2. The molecule has 0 radical (unpaired) electrons. The first-order chi connectivity index (χ1) is 15.6. The number of hydrogen-bond acceptors (Lipinski definition) is 8. The van der Waals surface area contributed by atoms with Crippen LogP contribution in [0, 0.1) is 0 Å². The number of nitrogens with zero attached hydrogens (tertiary/aromatic N) is 5. The molecule has 2 N–H and O–H groups in total. The van der Waals surface area contributed by atoms with Gasteiger partial charge in [0.05, 0.1) is 5.02 Å². The Morgan fingerprint density at radius 1 is 1.06 bits per heavy atom. The van der Waals surface area contributed by atoms with Crippen molar-refractivity contribution in [2.45, 2.75) is 19.4 Å². The predicted molar refractivity (Wildman–Crippen MR) is 117 cm³/mol. The molecule has 10 nitrogen and oxygen atoms in total. The monoisotopic (exact) mass is 451 g/mol. The van der Waals surface area contributed by atoms with Crippen molar-refractivity contribution in [3.05, 3.63) is 65.1 Å². The number of aryl methyl sites for hydroxylation is 1. The molecule has 0 saturated carbocycles. The number of nitrogens with one attached hydrogen (secondary N) is 2. The number of rotatable bonds is 7. The highest BCUT2D eigenvalue weighted by Gasteiger charge is 2.14. The standard InChI is InChI=1S/C21H18ClN7O3/c22-14-2-4-17(24-11-14)25-21(30)8-7-20-27-26-19-6-5-18(28-29(19)20)23-10-13-1-3-15-16(9-13)32-12-31-15/h1-6,9,11H,7-8,10,12H2,(H,23,28)(H,24,25,30). The average molecular weight is 452 g/mol. The van der Waals surface area contributed by atoms with Crippen LogP contribution in [-0.4, -0.2) is 37.5 Å². The summed E-state index contributed by atoms with van der Waals surface area (Å²) in [6.07, 6.45) is 2.06. The predicted octanol–water partition coefficient (Wildman–Crippen LogP) is 3.08. The number of hydrogen-bond donors (Lipinski definition) is 2. The molecule has 0 aliphatic carbocycles. The number of anilines is 2. The third-order valence-electron chi connectivity index (χ3n) is 4.81. The molecule has 0 unspecified atom stereocenters. The van der Waals surface area contributed by atoms with Crippen LogP contribution in [0.1, 0.15) is 17.8 Å². The lowest BCUT2D eigenvalue weighted by atomic mass is 10.2. The normalized spacial score (nSPS) is 12.2. The SMILES string of the molecule is O=C(CCc1nnc2ccc(NCc3ccc4c(c3)OCO4)nn12)Nc1ccc(Cl)cn1. The highest BCUT2D eigenvalue weighted by molar-refractivity contribution is 6.30. The molecule has 0 saturated heterocycles. The first-order valence-corrected chi connectivity index (χ1v) is 10.3. The van der Waals surface area contributed by atoms with Gasteiger partial charge in [-0.15, -0.1) is 15.3 Å². The Labute approximate surface area is 187 Å². The number of halogens is 1. The molecule has 11 heteroatoms. The van der Waals surface area contributed by atoms with E-state index in [9.17, 15) is 4.79 Å². The molecule has 1 aliphatic rings. The van der Waals surface area contributed by atoms with E-state index in [-0.39, 0.29) is 19.1 Å². The van der Waals surface area contributed by atoms with Gasteiger partial charge in [0.25, 0.3) is 0 Å². The van der Waals surface area contributed by atoms with Gasteiger partial charge in [-0.2, -0.15) is 4.52 Å². The Kier molecular flexibility index (Phi) is 5.42. The van der Waals surface area contributed by atoms with E-state index in [4.69, 9.17) is 21.1 Å². The van der Waals surface area contributed by atoms with Crippen molar-refractivity contribution in [1.29, 1.82) is 0 Å². The van der Waals surface area contributed by atoms with Crippen LogP contribution in [0.2, 0.25) is 5.02 Å². The van der Waals surface area contributed by atoms with E-state index in [1.807, 2.05) is 30.3 Å². The van der Waals surface area contributed by atoms with Gasteiger partial charge in [0, 0.05) is 25.6 Å². The summed E-state index contributed by atoms with van der Waals surface area (Å²) >= 11 is 5.81. The molecule has 1 amide bonds. The second kappa shape index (κ2) is 8.67. The Hall–Kier alpha value is -3.92. The molecule has 5 rings (SSSR count). The third kappa shape index (κ3) is 4.40. The second-order valence-corrected chi connectivity index (χ2v) is 7.49. The van der Waals surface area contributed by atoms with E-state index >= 15 is 0 Å². The van der Waals surface area contributed by atoms with E-state index in [1.54, 1.807) is 16.6 Å². The number of carbonyl (C=O) groups excluding carboxylic acids is 1. The van der Waals surface area contributed by atoms with Crippen LogP contribution in [0.4, 0.5) is 11.6 Å². The maximum absolute atomic E-state index is 12.2. The molecular formula is C21H18ClN7O3. The fourth-order valence-corrected chi connectivity index (χ4v) is 3.32. The van der Waals surface area contributed by atoms with Gasteiger partial charge in [-0.1, -0.05) is 17.7 Å². The number of benzene rings is 1. The zero-order valence-electron chi connectivity index (χ0n) is 16.8. The first kappa shape index (κ1) is 20.0. The average Bonchev–Trinajstić information content (AvgIpc) is 3.44. The Morgan fingerprint density at radius 2 is 1.94 bits per heavy atom. The second-order valence-electron chi connectivity index (χ2n) is 7.06. The van der Waals surface area contributed by atoms with Gasteiger partial charge in [-0.3, -0.25) is 4.79 Å². The van der Waals surface area contributed by atoms with Crippen LogP contribution < -0.4 is 20.1 Å². The molecule has 32 heavy (non-hydrogen) atoms. The molecule has 4 heterocycles. The Bertz CT molecular complexity index is 1280. The van der Waals surface area contributed by atoms with Gasteiger partial charge in [0.1, 0.15) is 11.6 Å². The van der Waals surface area contributed by atoms with Crippen molar-refractivity contribution < 1.29 is 14.3 Å². The van der Waals surface area contributed by atoms with Gasteiger partial charge in [0.2, 0.25) is 12.7 Å². The van der Waals surface area contributed by atoms with Gasteiger partial charge in [0.15, 0.2) is 23.0 Å². The highest BCUT2D eigenvalue weighted by Crippen LogP contribution is 2.32. The zero-order chi connectivity index (χ0) is 21.9. The minimum Gasteiger partial charge on any atom is -0.454 e. The lowest BCUT2D eigenvalue weighted by molar-refractivity contribution is -0.116. The molecular weight excluding hydrogens is 434 g/mol. The van der Waals surface area contributed by atoms with Crippen LogP contribution in [0.15, 0.2) is 48.7 Å². The minimum atomic E-state index is -0.186. The van der Waals surface area contributed by atoms with E-state index in [2.05, 4.69) is 30.9 Å². The van der Waals surface area contributed by atoms with Crippen LogP contribution in [0.5, 0.6) is 11.5 Å². The Morgan fingerprint density at radius 3 is 2.81 bits per heavy atom. The molecule has 0 bridgehead atoms. The summed E-state index contributed by atoms with van der Waals surface area (Å²) in [6.45, 7) is 0.804. The number of amides is 1. The molecule has 0 atom stereocenters. The molecule has 162 valence electrons. The number of pyridine rings is 1. The minimum absolute atomic E-state index is 0.186. The summed E-state index contributed by atoms with van der Waals surface area (Å²) in [5, 5.41) is 19.4. The topological polar surface area (TPSA) is 116 Å². The van der Waals surface area contributed by atoms with Crippen LogP contribution >= 0.6 is 11.6 Å². The van der Waals surface area contributed by atoms with Crippen molar-refractivity contribution in [2.24, 2.45) is 0 Å². The summed E-state index contributed by atoms with van der Waals surface area (Å²) in [6, 6.07) is 12.8. The molecule has 1 aliphatic heterocycles. The summed E-state index contributed by atoms with van der Waals surface area (Å²) in [4.78, 5) is 16.3. The maximum Gasteiger partial charge on any atom is 0.231 e. The number of ether oxygens (including phenoxy) is 2. The zero-order valence-corrected chi connectivity index (χ0v) is 17.5. The van der Waals surface area contributed by atoms with Crippen molar-refractivity contribution in [3.63, 3.8) is 0 Å². The smallest absolute Gasteiger partial charge is 0.231 e. The fraction of sp³-hybridized carbons (Fsp3) is 0.190. The summed E-state index contributed by atoms with van der Waals surface area (Å²) < 4.78 is 12.4. The molecule has 4 aromatic rings. The largest absolute Gasteiger partial charge is 0.454 e. The fourth-order valence-electron chi connectivity index (χ4n) is 3.21. The first-order valence-electron chi connectivity index (χ1n) is 9.89. The lowest BCUT2D eigenvalue weighted by Gasteiger charge is -2.07. The van der Waals surface area contributed by atoms with Crippen LogP contribution in [0.25, 0.3) is 5.65 Å². The summed E-state index contributed by atoms with van der Waals surface area (Å²) in [5.74, 6) is 2.99. The molecule has 0 spiro atoms. The highest BCUT2D eigenvalue weighted by atomic mass is 35.5. The summed E-state index contributed by atoms with van der Waals surface area (Å²) in [7, 11) is 0. The summed E-state index contributed by atoms with van der Waals surface area (Å²) in [5.41, 5.74) is 1.64. The Balaban J connectivity index is 1.22. The van der Waals surface area contributed by atoms with Gasteiger partial charge in [-0.25, -0.2) is 4.98 Å². The van der Waals surface area contributed by atoms with Crippen LogP contribution in [0.3, 0.4) is 0 Å². The number of carbonyl (C=O) groups is 1. The van der Waals surface area contributed by atoms with E-state index in [0.717, 1.165) is 17.1 Å². The van der Waals surface area contributed by atoms with E-state index < -0.39 is 0 Å². The van der Waals surface area contributed by atoms with E-state index in [1.165, 1.54) is 6.20 Å². The molecule has 1 aromatic carbocycles.